The lowest BCUT2D eigenvalue weighted by atomic mass is 10.1. The molecule has 0 radical (unpaired) electrons. The highest BCUT2D eigenvalue weighted by Gasteiger charge is 2.43. The van der Waals surface area contributed by atoms with E-state index in [2.05, 4.69) is 26.7 Å². The second-order valence-corrected chi connectivity index (χ2v) is 7.79. The Morgan fingerprint density at radius 2 is 2.12 bits per heavy atom. The molecule has 0 bridgehead atoms. The predicted octanol–water partition coefficient (Wildman–Crippen LogP) is 2.15. The highest BCUT2D eigenvalue weighted by molar-refractivity contribution is 7.99. The molecule has 1 N–H and O–H groups in total. The van der Waals surface area contributed by atoms with E-state index in [1.807, 2.05) is 6.08 Å². The molecule has 8 heteroatoms. The lowest BCUT2D eigenvalue weighted by molar-refractivity contribution is -0.130. The molecule has 0 unspecified atom stereocenters. The number of carbonyl (C=O) groups excluding carboxylic acids is 2. The van der Waals surface area contributed by atoms with Crippen molar-refractivity contribution in [1.82, 2.24) is 25.0 Å². The average molecular weight is 349 g/mol. The number of carbonyl (C=O) groups is 2. The first-order valence-corrected chi connectivity index (χ1v) is 9.23. The molecule has 1 saturated carbocycles. The van der Waals surface area contributed by atoms with Crippen molar-refractivity contribution in [2.24, 2.45) is 0 Å². The van der Waals surface area contributed by atoms with Crippen LogP contribution in [0, 0.1) is 0 Å². The van der Waals surface area contributed by atoms with Gasteiger partial charge >= 0.3 is 6.03 Å². The Hall–Kier alpha value is -1.83. The largest absolute Gasteiger partial charge is 0.325 e. The van der Waals surface area contributed by atoms with Gasteiger partial charge in [0.1, 0.15) is 11.4 Å². The van der Waals surface area contributed by atoms with Crippen molar-refractivity contribution in [2.75, 3.05) is 12.3 Å². The molecule has 1 aliphatic carbocycles. The maximum absolute atomic E-state index is 12.1. The van der Waals surface area contributed by atoms with Crippen molar-refractivity contribution in [1.29, 1.82) is 0 Å². The molecule has 2 fully saturated rings. The minimum Gasteiger partial charge on any atom is -0.324 e. The summed E-state index contributed by atoms with van der Waals surface area (Å²) in [6.45, 7) is 8.38. The molecule has 24 heavy (non-hydrogen) atoms. The van der Waals surface area contributed by atoms with Crippen LogP contribution in [0.5, 0.6) is 0 Å². The van der Waals surface area contributed by atoms with Crippen molar-refractivity contribution < 1.29 is 9.59 Å². The summed E-state index contributed by atoms with van der Waals surface area (Å²) in [5.74, 6) is 2.20. The Bertz CT molecular complexity index is 665. The summed E-state index contributed by atoms with van der Waals surface area (Å²) in [5.41, 5.74) is -0.798. The van der Waals surface area contributed by atoms with E-state index in [9.17, 15) is 9.59 Å². The van der Waals surface area contributed by atoms with E-state index in [4.69, 9.17) is 0 Å². The number of thioether (sulfide) groups is 1. The molecular weight excluding hydrogens is 326 g/mol. The third kappa shape index (κ3) is 3.33. The van der Waals surface area contributed by atoms with E-state index >= 15 is 0 Å². The molecule has 1 aromatic rings. The fourth-order valence-electron chi connectivity index (χ4n) is 2.76. The van der Waals surface area contributed by atoms with E-state index in [1.165, 1.54) is 17.7 Å². The van der Waals surface area contributed by atoms with Crippen LogP contribution in [-0.4, -0.2) is 49.4 Å². The van der Waals surface area contributed by atoms with Crippen LogP contribution in [0.3, 0.4) is 0 Å². The van der Waals surface area contributed by atoms with E-state index in [0.717, 1.165) is 23.2 Å². The van der Waals surface area contributed by atoms with Crippen LogP contribution in [0.4, 0.5) is 4.79 Å². The van der Waals surface area contributed by atoms with Crippen LogP contribution in [0.2, 0.25) is 0 Å². The first kappa shape index (κ1) is 17.0. The Labute approximate surface area is 145 Å². The zero-order chi connectivity index (χ0) is 17.3. The third-order valence-electron chi connectivity index (χ3n) is 4.20. The van der Waals surface area contributed by atoms with Gasteiger partial charge in [-0.05, 0) is 33.1 Å². The average Bonchev–Trinajstić information content (AvgIpc) is 3.25. The molecule has 2 heterocycles. The molecule has 1 aliphatic heterocycles. The summed E-state index contributed by atoms with van der Waals surface area (Å²) in [6, 6.07) is -0.305. The number of aromatic nitrogens is 3. The molecule has 130 valence electrons. The Balaban J connectivity index is 1.53. The van der Waals surface area contributed by atoms with Crippen molar-refractivity contribution >= 4 is 23.7 Å². The highest BCUT2D eigenvalue weighted by atomic mass is 32.2. The zero-order valence-electron chi connectivity index (χ0n) is 14.1. The van der Waals surface area contributed by atoms with E-state index in [0.29, 0.717) is 19.0 Å². The fourth-order valence-corrected chi connectivity index (χ4v) is 3.64. The first-order chi connectivity index (χ1) is 11.4. The lowest BCUT2D eigenvalue weighted by Crippen LogP contribution is -2.40. The molecular formula is C16H23N5O2S. The molecule has 1 saturated heterocycles. The molecule has 0 aromatic carbocycles. The van der Waals surface area contributed by atoms with Crippen LogP contribution in [0.25, 0.3) is 0 Å². The van der Waals surface area contributed by atoms with Gasteiger partial charge in [-0.3, -0.25) is 9.69 Å². The normalized spacial score (nSPS) is 19.7. The third-order valence-corrected chi connectivity index (χ3v) is 5.25. The molecule has 7 nitrogen and oxygen atoms in total. The van der Waals surface area contributed by atoms with Gasteiger partial charge in [0.25, 0.3) is 5.91 Å². The van der Waals surface area contributed by atoms with Gasteiger partial charge in [0.05, 0.1) is 0 Å². The van der Waals surface area contributed by atoms with Crippen molar-refractivity contribution in [3.05, 3.63) is 18.5 Å². The monoisotopic (exact) mass is 349 g/mol. The van der Waals surface area contributed by atoms with Gasteiger partial charge < -0.3 is 9.88 Å². The second-order valence-electron chi connectivity index (χ2n) is 6.73. The Morgan fingerprint density at radius 3 is 2.71 bits per heavy atom. The lowest BCUT2D eigenvalue weighted by Gasteiger charge is -2.15. The number of urea groups is 1. The molecule has 2 aliphatic rings. The maximum atomic E-state index is 12.1. The van der Waals surface area contributed by atoms with E-state index in [1.54, 1.807) is 25.6 Å². The molecule has 3 rings (SSSR count). The number of nitrogens with one attached hydrogen (secondary N) is 1. The van der Waals surface area contributed by atoms with Crippen molar-refractivity contribution in [3.8, 4) is 0 Å². The quantitative estimate of drug-likeness (QED) is 0.337. The fraction of sp³-hybridized carbons (Fsp3) is 0.625. The summed E-state index contributed by atoms with van der Waals surface area (Å²) in [6.07, 6.45) is 4.94. The summed E-state index contributed by atoms with van der Waals surface area (Å²) >= 11 is 1.61. The molecule has 0 atom stereocenters. The maximum Gasteiger partial charge on any atom is 0.325 e. The topological polar surface area (TPSA) is 80.1 Å². The van der Waals surface area contributed by atoms with Crippen molar-refractivity contribution in [3.63, 3.8) is 0 Å². The smallest absolute Gasteiger partial charge is 0.324 e. The van der Waals surface area contributed by atoms with Gasteiger partial charge in [0.15, 0.2) is 5.16 Å². The Morgan fingerprint density at radius 1 is 1.38 bits per heavy atom. The molecule has 0 spiro atoms. The predicted molar refractivity (Wildman–Crippen MR) is 91.9 cm³/mol. The van der Waals surface area contributed by atoms with Crippen LogP contribution >= 0.6 is 11.8 Å². The SMILES string of the molecule is C=CCn1c(SCCCN2C(=O)NC(C)(C)C2=O)nnc1C1CC1. The minimum atomic E-state index is -0.798. The number of amides is 3. The van der Waals surface area contributed by atoms with Crippen LogP contribution in [-0.2, 0) is 11.3 Å². The summed E-state index contributed by atoms with van der Waals surface area (Å²) in [4.78, 5) is 25.3. The number of imide groups is 1. The zero-order valence-corrected chi connectivity index (χ0v) is 14.9. The highest BCUT2D eigenvalue weighted by Crippen LogP contribution is 2.40. The number of hydrogen-bond acceptors (Lipinski definition) is 5. The van der Waals surface area contributed by atoms with Gasteiger partial charge in [-0.25, -0.2) is 4.79 Å². The van der Waals surface area contributed by atoms with E-state index < -0.39 is 5.54 Å². The standard InChI is InChI=1S/C16H23N5O2S/c1-4-8-20-12(11-6-7-11)18-19-15(20)24-10-5-9-21-13(22)16(2,3)17-14(21)23/h4,11H,1,5-10H2,2-3H3,(H,17,23). The number of rotatable bonds is 8. The van der Waals surface area contributed by atoms with Crippen LogP contribution in [0.1, 0.15) is 44.9 Å². The second kappa shape index (κ2) is 6.58. The number of hydrogen-bond donors (Lipinski definition) is 1. The van der Waals surface area contributed by atoms with Crippen molar-refractivity contribution in [2.45, 2.75) is 56.3 Å². The van der Waals surface area contributed by atoms with Gasteiger partial charge in [0.2, 0.25) is 0 Å². The molecule has 3 amide bonds. The van der Waals surface area contributed by atoms with Gasteiger partial charge in [-0.1, -0.05) is 17.8 Å². The number of allylic oxidation sites excluding steroid dienone is 1. The Kier molecular flexibility index (Phi) is 4.67. The van der Waals surface area contributed by atoms with Gasteiger partial charge in [-0.2, -0.15) is 0 Å². The number of nitrogens with zero attached hydrogens (tertiary/aromatic N) is 4. The van der Waals surface area contributed by atoms with E-state index in [-0.39, 0.29) is 11.9 Å². The summed E-state index contributed by atoms with van der Waals surface area (Å²) in [5, 5.41) is 12.2. The molecule has 1 aromatic heterocycles. The van der Waals surface area contributed by atoms with Crippen LogP contribution < -0.4 is 5.32 Å². The summed E-state index contributed by atoms with van der Waals surface area (Å²) in [7, 11) is 0. The summed E-state index contributed by atoms with van der Waals surface area (Å²) < 4.78 is 2.12. The van der Waals surface area contributed by atoms with Crippen LogP contribution in [0.15, 0.2) is 17.8 Å². The van der Waals surface area contributed by atoms with Gasteiger partial charge in [0, 0.05) is 24.8 Å². The minimum absolute atomic E-state index is 0.164. The van der Waals surface area contributed by atoms with Gasteiger partial charge in [-0.15, -0.1) is 16.8 Å². The first-order valence-electron chi connectivity index (χ1n) is 8.25.